The van der Waals surface area contributed by atoms with E-state index in [1.807, 2.05) is 37.3 Å². The zero-order chi connectivity index (χ0) is 23.6. The Hall–Kier alpha value is -2.21. The summed E-state index contributed by atoms with van der Waals surface area (Å²) in [6, 6.07) is 14.9. The van der Waals surface area contributed by atoms with Gasteiger partial charge in [0.1, 0.15) is 6.10 Å². The molecule has 0 radical (unpaired) electrons. The molecule has 0 aromatic heterocycles. The summed E-state index contributed by atoms with van der Waals surface area (Å²) in [5.41, 5.74) is 2.81. The minimum atomic E-state index is -3.60. The van der Waals surface area contributed by atoms with Crippen LogP contribution in [0.15, 0.2) is 53.4 Å². The van der Waals surface area contributed by atoms with Gasteiger partial charge in [0.05, 0.1) is 11.5 Å². The van der Waals surface area contributed by atoms with Crippen molar-refractivity contribution in [3.63, 3.8) is 0 Å². The second kappa shape index (κ2) is 9.96. The van der Waals surface area contributed by atoms with Crippen LogP contribution in [0.4, 0.5) is 0 Å². The summed E-state index contributed by atoms with van der Waals surface area (Å²) in [7, 11) is -3.60. The molecule has 2 fully saturated rings. The number of hydrogen-bond acceptors (Lipinski definition) is 5. The van der Waals surface area contributed by atoms with Crippen molar-refractivity contribution in [3.8, 4) is 11.8 Å². The predicted molar refractivity (Wildman–Crippen MR) is 128 cm³/mol. The second-order valence-electron chi connectivity index (χ2n) is 9.03. The molecule has 0 amide bonds. The highest BCUT2D eigenvalue weighted by Crippen LogP contribution is 2.42. The highest BCUT2D eigenvalue weighted by atomic mass is 32.2. The number of aryl methyl sites for hydroxylation is 1. The van der Waals surface area contributed by atoms with Crippen LogP contribution >= 0.6 is 0 Å². The van der Waals surface area contributed by atoms with E-state index >= 15 is 0 Å². The molecule has 0 spiro atoms. The summed E-state index contributed by atoms with van der Waals surface area (Å²) in [5, 5.41) is 19.5. The quantitative estimate of drug-likeness (QED) is 0.674. The van der Waals surface area contributed by atoms with Gasteiger partial charge in [0.25, 0.3) is 0 Å². The van der Waals surface area contributed by atoms with E-state index in [-0.39, 0.29) is 24.6 Å². The topological polar surface area (TPSA) is 81.1 Å². The summed E-state index contributed by atoms with van der Waals surface area (Å²) in [5.74, 6) is 5.74. The molecule has 4 atom stereocenters. The Balaban J connectivity index is 1.61. The highest BCUT2D eigenvalue weighted by Gasteiger charge is 2.50. The Morgan fingerprint density at radius 1 is 1.12 bits per heavy atom. The van der Waals surface area contributed by atoms with Crippen molar-refractivity contribution in [2.75, 3.05) is 26.2 Å². The van der Waals surface area contributed by atoms with Gasteiger partial charge in [-0.25, -0.2) is 8.42 Å². The number of aliphatic hydroxyl groups is 2. The average molecular weight is 469 g/mol. The van der Waals surface area contributed by atoms with Crippen LogP contribution in [0.3, 0.4) is 0 Å². The molecule has 2 aromatic rings. The van der Waals surface area contributed by atoms with Gasteiger partial charge in [0.15, 0.2) is 0 Å². The lowest BCUT2D eigenvalue weighted by atomic mass is 9.74. The van der Waals surface area contributed by atoms with E-state index in [1.54, 1.807) is 29.4 Å². The largest absolute Gasteiger partial charge is 0.395 e. The van der Waals surface area contributed by atoms with Crippen LogP contribution in [0.5, 0.6) is 0 Å². The summed E-state index contributed by atoms with van der Waals surface area (Å²) < 4.78 is 28.6. The Bertz CT molecular complexity index is 1130. The Morgan fingerprint density at radius 2 is 1.85 bits per heavy atom. The third kappa shape index (κ3) is 5.01. The first kappa shape index (κ1) is 23.9. The van der Waals surface area contributed by atoms with Gasteiger partial charge >= 0.3 is 0 Å². The third-order valence-corrected chi connectivity index (χ3v) is 8.54. The standard InChI is InChI=1S/C26H32N2O4S/c1-19-6-5-7-23(16-19)33(31,32)27-14-3-4-15-28-24(17-27)26(25(28)18-29)22-12-10-21(11-13-22)9-8-20(2)30/h5-7,10-13,16,20,24-26,29-30H,3-4,14-15,17-18H2,1-2H3/t20-,24+,25-,26+/m1/s1. The van der Waals surface area contributed by atoms with Gasteiger partial charge in [-0.1, -0.05) is 36.1 Å². The SMILES string of the molecule is Cc1cccc(S(=O)(=O)N2CCCCN3[C@H](CO)[C@@H](c4ccc(C#C[C@@H](C)O)cc4)[C@@H]3C2)c1. The monoisotopic (exact) mass is 468 g/mol. The molecule has 2 N–H and O–H groups in total. The van der Waals surface area contributed by atoms with E-state index in [1.165, 1.54) is 0 Å². The highest BCUT2D eigenvalue weighted by molar-refractivity contribution is 7.89. The van der Waals surface area contributed by atoms with Gasteiger partial charge in [-0.3, -0.25) is 4.90 Å². The first-order valence-corrected chi connectivity index (χ1v) is 13.0. The van der Waals surface area contributed by atoms with Crippen LogP contribution in [0.2, 0.25) is 0 Å². The lowest BCUT2D eigenvalue weighted by molar-refractivity contribution is -0.0553. The van der Waals surface area contributed by atoms with Gasteiger partial charge in [-0.2, -0.15) is 4.31 Å². The molecule has 2 aromatic carbocycles. The van der Waals surface area contributed by atoms with Crippen molar-refractivity contribution >= 4 is 10.0 Å². The summed E-state index contributed by atoms with van der Waals surface area (Å²) in [6.45, 7) is 5.34. The second-order valence-corrected chi connectivity index (χ2v) is 11.0. The summed E-state index contributed by atoms with van der Waals surface area (Å²) in [4.78, 5) is 2.61. The molecule has 176 valence electrons. The number of hydrogen-bond donors (Lipinski definition) is 2. The lowest BCUT2D eigenvalue weighted by Crippen LogP contribution is -2.67. The van der Waals surface area contributed by atoms with E-state index in [4.69, 9.17) is 0 Å². The van der Waals surface area contributed by atoms with E-state index in [0.29, 0.717) is 18.0 Å². The van der Waals surface area contributed by atoms with Gasteiger partial charge in [0, 0.05) is 36.7 Å². The van der Waals surface area contributed by atoms with Crippen molar-refractivity contribution in [2.45, 2.75) is 55.7 Å². The summed E-state index contributed by atoms with van der Waals surface area (Å²) >= 11 is 0. The minimum Gasteiger partial charge on any atom is -0.395 e. The molecular formula is C26H32N2O4S. The fourth-order valence-electron chi connectivity index (χ4n) is 5.03. The Morgan fingerprint density at radius 3 is 2.52 bits per heavy atom. The molecule has 33 heavy (non-hydrogen) atoms. The van der Waals surface area contributed by atoms with Crippen LogP contribution in [0.1, 0.15) is 42.4 Å². The maximum Gasteiger partial charge on any atom is 0.243 e. The molecule has 2 aliphatic rings. The van der Waals surface area contributed by atoms with Crippen molar-refractivity contribution in [2.24, 2.45) is 0 Å². The van der Waals surface area contributed by atoms with Crippen LogP contribution in [-0.4, -0.2) is 72.3 Å². The van der Waals surface area contributed by atoms with Crippen molar-refractivity contribution < 1.29 is 18.6 Å². The number of aliphatic hydroxyl groups excluding tert-OH is 2. The van der Waals surface area contributed by atoms with E-state index in [0.717, 1.165) is 36.1 Å². The molecule has 0 saturated carbocycles. The maximum absolute atomic E-state index is 13.5. The number of sulfonamides is 1. The molecule has 2 heterocycles. The van der Waals surface area contributed by atoms with Gasteiger partial charge in [0.2, 0.25) is 10.0 Å². The third-order valence-electron chi connectivity index (χ3n) is 6.68. The molecule has 4 rings (SSSR count). The Kier molecular flexibility index (Phi) is 7.22. The molecular weight excluding hydrogens is 436 g/mol. The smallest absolute Gasteiger partial charge is 0.243 e. The van der Waals surface area contributed by atoms with Gasteiger partial charge in [-0.05, 0) is 68.6 Å². The molecule has 7 heteroatoms. The molecule has 2 saturated heterocycles. The molecule has 0 bridgehead atoms. The fraction of sp³-hybridized carbons (Fsp3) is 0.462. The van der Waals surface area contributed by atoms with E-state index < -0.39 is 16.1 Å². The first-order valence-electron chi connectivity index (χ1n) is 11.5. The fourth-order valence-corrected chi connectivity index (χ4v) is 6.63. The van der Waals surface area contributed by atoms with E-state index in [9.17, 15) is 18.6 Å². The van der Waals surface area contributed by atoms with Crippen LogP contribution in [-0.2, 0) is 10.0 Å². The number of fused-ring (bicyclic) bond motifs is 1. The molecule has 6 nitrogen and oxygen atoms in total. The molecule has 0 aliphatic carbocycles. The maximum atomic E-state index is 13.5. The van der Waals surface area contributed by atoms with Crippen LogP contribution in [0.25, 0.3) is 0 Å². The summed E-state index contributed by atoms with van der Waals surface area (Å²) in [6.07, 6.45) is 1.01. The minimum absolute atomic E-state index is 0.0106. The number of benzene rings is 2. The average Bonchev–Trinajstić information content (AvgIpc) is 2.77. The van der Waals surface area contributed by atoms with Crippen molar-refractivity contribution in [1.29, 1.82) is 0 Å². The molecule has 2 aliphatic heterocycles. The van der Waals surface area contributed by atoms with Crippen LogP contribution < -0.4 is 0 Å². The lowest BCUT2D eigenvalue weighted by Gasteiger charge is -2.57. The van der Waals surface area contributed by atoms with E-state index in [2.05, 4.69) is 16.7 Å². The van der Waals surface area contributed by atoms with Crippen molar-refractivity contribution in [3.05, 3.63) is 65.2 Å². The van der Waals surface area contributed by atoms with Crippen LogP contribution in [0, 0.1) is 18.8 Å². The molecule has 0 unspecified atom stereocenters. The first-order chi connectivity index (χ1) is 15.8. The number of rotatable bonds is 4. The normalized spacial score (nSPS) is 25.0. The van der Waals surface area contributed by atoms with Gasteiger partial charge in [-0.15, -0.1) is 0 Å². The van der Waals surface area contributed by atoms with Crippen molar-refractivity contribution in [1.82, 2.24) is 9.21 Å². The Labute approximate surface area is 196 Å². The van der Waals surface area contributed by atoms with Gasteiger partial charge < -0.3 is 10.2 Å². The predicted octanol–water partition coefficient (Wildman–Crippen LogP) is 2.34. The number of nitrogens with zero attached hydrogens (tertiary/aromatic N) is 2. The zero-order valence-corrected chi connectivity index (χ0v) is 20.0. The zero-order valence-electron chi connectivity index (χ0n) is 19.2.